The van der Waals surface area contributed by atoms with Crippen molar-refractivity contribution in [2.24, 2.45) is 0 Å². The fraction of sp³-hybridized carbons (Fsp3) is 0. The van der Waals surface area contributed by atoms with E-state index >= 15 is 0 Å². The van der Waals surface area contributed by atoms with Crippen molar-refractivity contribution in [3.63, 3.8) is 0 Å². The highest BCUT2D eigenvalue weighted by atomic mass is 127. The number of hydrogen-bond donors (Lipinski definition) is 0. The van der Waals surface area contributed by atoms with E-state index in [-0.39, 0.29) is 11.6 Å². The molecule has 0 bridgehead atoms. The maximum absolute atomic E-state index is 12.5. The fourth-order valence-electron chi connectivity index (χ4n) is 1.58. The van der Waals surface area contributed by atoms with Gasteiger partial charge in [0.25, 0.3) is 0 Å². The van der Waals surface area contributed by atoms with Gasteiger partial charge in [0.05, 0.1) is 15.9 Å². The lowest BCUT2D eigenvalue weighted by Gasteiger charge is -1.94. The Balaban J connectivity index is 0.000000149. The van der Waals surface area contributed by atoms with Gasteiger partial charge in [-0.3, -0.25) is 9.97 Å². The molecule has 128 valence electrons. The lowest BCUT2D eigenvalue weighted by molar-refractivity contribution is 0.627. The molecule has 25 heavy (non-hydrogen) atoms. The van der Waals surface area contributed by atoms with Gasteiger partial charge in [0, 0.05) is 21.3 Å². The van der Waals surface area contributed by atoms with Crippen molar-refractivity contribution < 1.29 is 8.78 Å². The molecule has 2 aromatic heterocycles. The highest BCUT2D eigenvalue weighted by Gasteiger charge is 1.97. The summed E-state index contributed by atoms with van der Waals surface area (Å²) in [5.74, 6) is -0.381. The van der Waals surface area contributed by atoms with Gasteiger partial charge in [-0.1, -0.05) is 12.1 Å². The molecule has 0 spiro atoms. The van der Waals surface area contributed by atoms with Gasteiger partial charge in [-0.2, -0.15) is 0 Å². The summed E-state index contributed by atoms with van der Waals surface area (Å²) in [6.07, 6.45) is 3.54. The molecule has 0 saturated heterocycles. The summed E-state index contributed by atoms with van der Waals surface area (Å²) in [7, 11) is 0. The first-order chi connectivity index (χ1) is 12.1. The second kappa shape index (κ2) is 11.0. The number of benzene rings is 2. The minimum Gasteiger partial charge on any atom is -0.253 e. The van der Waals surface area contributed by atoms with Gasteiger partial charge >= 0.3 is 0 Å². The van der Waals surface area contributed by atoms with E-state index in [1.54, 1.807) is 70.4 Å². The molecule has 2 heterocycles. The Labute approximate surface area is 166 Å². The topological polar surface area (TPSA) is 25.8 Å². The average molecular weight is 486 g/mol. The Kier molecular flexibility index (Phi) is 8.64. The van der Waals surface area contributed by atoms with Gasteiger partial charge in [-0.25, -0.2) is 8.78 Å². The molecule has 0 saturated carbocycles. The van der Waals surface area contributed by atoms with Crippen LogP contribution in [0.2, 0.25) is 0 Å². The van der Waals surface area contributed by atoms with Crippen LogP contribution in [-0.4, -0.2) is 9.97 Å². The maximum atomic E-state index is 12.5. The largest absolute Gasteiger partial charge is 0.253 e. The lowest BCUT2D eigenvalue weighted by Crippen LogP contribution is -1.73. The van der Waals surface area contributed by atoms with Crippen molar-refractivity contribution in [2.75, 3.05) is 0 Å². The molecule has 4 rings (SSSR count). The summed E-state index contributed by atoms with van der Waals surface area (Å²) in [5.41, 5.74) is 4.57. The summed E-state index contributed by atoms with van der Waals surface area (Å²) in [4.78, 5) is 8.75. The second-order valence-electron chi connectivity index (χ2n) is 4.48. The van der Waals surface area contributed by atoms with Gasteiger partial charge in [-0.15, -0.1) is 22.7 Å². The molecule has 0 aliphatic rings. The highest BCUT2D eigenvalue weighted by molar-refractivity contribution is 14.1. The minimum absolute atomic E-state index is 0.176. The van der Waals surface area contributed by atoms with E-state index in [4.69, 9.17) is 0 Å². The van der Waals surface area contributed by atoms with Crippen LogP contribution in [0.5, 0.6) is 0 Å². The molecular formula is C18H13F2IN2S2. The summed E-state index contributed by atoms with van der Waals surface area (Å²) < 4.78 is 25.7. The highest BCUT2D eigenvalue weighted by Crippen LogP contribution is 2.22. The lowest BCUT2D eigenvalue weighted by atomic mass is 10.2. The first-order valence-electron chi connectivity index (χ1n) is 7.03. The monoisotopic (exact) mass is 486 g/mol. The zero-order valence-electron chi connectivity index (χ0n) is 12.9. The molecule has 0 aliphatic heterocycles. The maximum Gasteiger partial charge on any atom is 0.123 e. The Hall–Kier alpha value is -1.71. The van der Waals surface area contributed by atoms with Crippen LogP contribution in [-0.2, 0) is 0 Å². The molecule has 0 radical (unpaired) electrons. The molecule has 0 amide bonds. The Morgan fingerprint density at radius 3 is 1.84 bits per heavy atom. The van der Waals surface area contributed by atoms with Crippen LogP contribution in [0.1, 0.15) is 0 Å². The van der Waals surface area contributed by atoms with Crippen LogP contribution in [0, 0.1) is 15.2 Å². The summed E-state index contributed by atoms with van der Waals surface area (Å²) >= 11 is 5.28. The number of rotatable bonds is 1. The Bertz CT molecular complexity index is 780. The van der Waals surface area contributed by atoms with E-state index in [9.17, 15) is 8.78 Å². The third-order valence-electron chi connectivity index (χ3n) is 2.71. The third kappa shape index (κ3) is 7.80. The van der Waals surface area contributed by atoms with E-state index in [1.807, 2.05) is 5.38 Å². The molecule has 2 aromatic carbocycles. The Morgan fingerprint density at radius 2 is 1.44 bits per heavy atom. The predicted octanol–water partition coefficient (Wildman–Crippen LogP) is 6.52. The SMILES string of the molecule is Fc1ccc(-c2cncs2)cc1.Fc1ccc(I)cc1.c1cscn1. The van der Waals surface area contributed by atoms with Crippen LogP contribution >= 0.6 is 45.3 Å². The molecule has 0 N–H and O–H groups in total. The van der Waals surface area contributed by atoms with Crippen LogP contribution < -0.4 is 0 Å². The van der Waals surface area contributed by atoms with Crippen molar-refractivity contribution in [2.45, 2.75) is 0 Å². The van der Waals surface area contributed by atoms with Crippen LogP contribution in [0.15, 0.2) is 77.3 Å². The first kappa shape index (κ1) is 19.6. The molecule has 4 aromatic rings. The van der Waals surface area contributed by atoms with Gasteiger partial charge < -0.3 is 0 Å². The zero-order chi connectivity index (χ0) is 17.9. The number of nitrogens with zero attached hydrogens (tertiary/aromatic N) is 2. The standard InChI is InChI=1S/C9H6FNS.C6H4FI.C3H3NS/c10-8-3-1-7(2-4-8)9-5-11-6-12-9;7-5-1-3-6(8)4-2-5;1-2-5-3-4-1/h1-6H;1-4H;1-3H. The van der Waals surface area contributed by atoms with Gasteiger partial charge in [-0.05, 0) is 64.6 Å². The molecule has 0 unspecified atom stereocenters. The predicted molar refractivity (Wildman–Crippen MR) is 109 cm³/mol. The summed E-state index contributed by atoms with van der Waals surface area (Å²) in [6.45, 7) is 0. The van der Waals surface area contributed by atoms with Crippen LogP contribution in [0.3, 0.4) is 0 Å². The fourth-order valence-corrected chi connectivity index (χ4v) is 2.92. The van der Waals surface area contributed by atoms with E-state index in [2.05, 4.69) is 32.6 Å². The van der Waals surface area contributed by atoms with Crippen molar-refractivity contribution in [1.82, 2.24) is 9.97 Å². The van der Waals surface area contributed by atoms with Crippen molar-refractivity contribution in [3.05, 3.63) is 92.5 Å². The normalized spacial score (nSPS) is 9.40. The zero-order valence-corrected chi connectivity index (χ0v) is 16.6. The van der Waals surface area contributed by atoms with Gasteiger partial charge in [0.1, 0.15) is 11.6 Å². The van der Waals surface area contributed by atoms with Gasteiger partial charge in [0.15, 0.2) is 0 Å². The molecule has 0 aliphatic carbocycles. The molecule has 0 fully saturated rings. The molecule has 0 atom stereocenters. The van der Waals surface area contributed by atoms with E-state index in [0.717, 1.165) is 14.0 Å². The van der Waals surface area contributed by atoms with Gasteiger partial charge in [0.2, 0.25) is 0 Å². The minimum atomic E-state index is -0.205. The molecule has 2 nitrogen and oxygen atoms in total. The van der Waals surface area contributed by atoms with Crippen LogP contribution in [0.4, 0.5) is 8.78 Å². The number of hydrogen-bond acceptors (Lipinski definition) is 4. The van der Waals surface area contributed by atoms with Crippen molar-refractivity contribution in [3.8, 4) is 10.4 Å². The van der Waals surface area contributed by atoms with E-state index in [0.29, 0.717) is 0 Å². The first-order valence-corrected chi connectivity index (χ1v) is 9.93. The van der Waals surface area contributed by atoms with E-state index < -0.39 is 0 Å². The summed E-state index contributed by atoms with van der Waals surface area (Å²) in [6, 6.07) is 12.8. The third-order valence-corrected chi connectivity index (χ3v) is 4.78. The van der Waals surface area contributed by atoms with Crippen molar-refractivity contribution >= 4 is 45.3 Å². The number of thiazole rings is 2. The Morgan fingerprint density at radius 1 is 0.800 bits per heavy atom. The average Bonchev–Trinajstić information content (AvgIpc) is 3.35. The van der Waals surface area contributed by atoms with E-state index in [1.165, 1.54) is 24.3 Å². The molecule has 7 heteroatoms. The quantitative estimate of drug-likeness (QED) is 0.286. The smallest absolute Gasteiger partial charge is 0.123 e. The number of aromatic nitrogens is 2. The second-order valence-corrected chi connectivity index (χ2v) is 7.37. The molecular weight excluding hydrogens is 473 g/mol. The van der Waals surface area contributed by atoms with Crippen LogP contribution in [0.25, 0.3) is 10.4 Å². The number of halogens is 3. The summed E-state index contributed by atoms with van der Waals surface area (Å²) in [5, 5.41) is 1.93. The van der Waals surface area contributed by atoms with Crippen molar-refractivity contribution in [1.29, 1.82) is 0 Å².